The normalized spacial score (nSPS) is 18.7. The van der Waals surface area contributed by atoms with Crippen LogP contribution in [0.4, 0.5) is 0 Å². The molecule has 108 valence electrons. The third-order valence-corrected chi connectivity index (χ3v) is 3.68. The molecule has 0 saturated carbocycles. The van der Waals surface area contributed by atoms with E-state index in [0.29, 0.717) is 6.10 Å². The molecule has 1 heterocycles. The fraction of sp³-hybridized carbons (Fsp3) is 1.00. The Morgan fingerprint density at radius 1 is 1.22 bits per heavy atom. The fourth-order valence-corrected chi connectivity index (χ4v) is 2.53. The van der Waals surface area contributed by atoms with E-state index in [2.05, 4.69) is 31.0 Å². The Morgan fingerprint density at radius 2 is 1.94 bits per heavy atom. The average Bonchev–Trinajstić information content (AvgIpc) is 2.35. The van der Waals surface area contributed by atoms with Gasteiger partial charge in [-0.1, -0.05) is 13.8 Å². The van der Waals surface area contributed by atoms with Crippen molar-refractivity contribution in [3.63, 3.8) is 0 Å². The maximum Gasteiger partial charge on any atom is 0.0599 e. The van der Waals surface area contributed by atoms with Gasteiger partial charge in [0, 0.05) is 32.8 Å². The van der Waals surface area contributed by atoms with Gasteiger partial charge in [-0.15, -0.1) is 0 Å². The Hall–Kier alpha value is -0.120. The Morgan fingerprint density at radius 3 is 2.56 bits per heavy atom. The van der Waals surface area contributed by atoms with Crippen LogP contribution in [0.5, 0.6) is 0 Å². The lowest BCUT2D eigenvalue weighted by Crippen LogP contribution is -2.40. The van der Waals surface area contributed by atoms with Gasteiger partial charge in [0.25, 0.3) is 0 Å². The number of hydrogen-bond donors (Lipinski definition) is 1. The molecule has 0 aromatic heterocycles. The second-order valence-electron chi connectivity index (χ2n) is 5.78. The Labute approximate surface area is 113 Å². The number of piperidine rings is 1. The summed E-state index contributed by atoms with van der Waals surface area (Å²) in [5.74, 6) is 0.837. The number of ether oxygens (including phenoxy) is 1. The maximum atomic E-state index is 5.67. The summed E-state index contributed by atoms with van der Waals surface area (Å²) in [6.45, 7) is 13.5. The molecule has 1 rings (SSSR count). The number of nitrogens with one attached hydrogen (secondary N) is 1. The molecule has 0 aliphatic carbocycles. The molecule has 0 bridgehead atoms. The van der Waals surface area contributed by atoms with E-state index in [1.165, 1.54) is 51.9 Å². The topological polar surface area (TPSA) is 24.5 Å². The van der Waals surface area contributed by atoms with Gasteiger partial charge in [0.15, 0.2) is 0 Å². The average molecular weight is 256 g/mol. The molecule has 1 saturated heterocycles. The zero-order valence-corrected chi connectivity index (χ0v) is 12.6. The minimum absolute atomic E-state index is 0.519. The number of hydrogen-bond acceptors (Lipinski definition) is 3. The molecular weight excluding hydrogens is 224 g/mol. The van der Waals surface area contributed by atoms with Crippen molar-refractivity contribution in [2.45, 2.75) is 52.6 Å². The van der Waals surface area contributed by atoms with Crippen LogP contribution in [0.25, 0.3) is 0 Å². The van der Waals surface area contributed by atoms with E-state index in [0.717, 1.165) is 19.1 Å². The molecule has 0 atom stereocenters. The van der Waals surface area contributed by atoms with Crippen LogP contribution in [0.3, 0.4) is 0 Å². The van der Waals surface area contributed by atoms with Crippen LogP contribution in [-0.4, -0.2) is 50.3 Å². The predicted octanol–water partition coefficient (Wildman–Crippen LogP) is 2.51. The molecule has 0 radical (unpaired) electrons. The smallest absolute Gasteiger partial charge is 0.0599 e. The molecule has 1 fully saturated rings. The van der Waals surface area contributed by atoms with Gasteiger partial charge in [-0.05, 0) is 45.1 Å². The molecule has 3 nitrogen and oxygen atoms in total. The van der Waals surface area contributed by atoms with E-state index in [1.807, 2.05) is 0 Å². The molecule has 0 aromatic rings. The summed E-state index contributed by atoms with van der Waals surface area (Å²) in [5.41, 5.74) is 0. The molecule has 0 amide bonds. The van der Waals surface area contributed by atoms with E-state index in [-0.39, 0.29) is 0 Å². The second kappa shape index (κ2) is 9.76. The SMILES string of the molecule is CCOC1CCN(CCNCCCC(C)C)CC1. The Balaban J connectivity index is 1.91. The van der Waals surface area contributed by atoms with Crippen LogP contribution in [-0.2, 0) is 4.74 Å². The predicted molar refractivity (Wildman–Crippen MR) is 78.0 cm³/mol. The van der Waals surface area contributed by atoms with Gasteiger partial charge in [-0.3, -0.25) is 0 Å². The monoisotopic (exact) mass is 256 g/mol. The van der Waals surface area contributed by atoms with E-state index < -0.39 is 0 Å². The van der Waals surface area contributed by atoms with E-state index in [4.69, 9.17) is 4.74 Å². The van der Waals surface area contributed by atoms with E-state index in [9.17, 15) is 0 Å². The lowest BCUT2D eigenvalue weighted by Gasteiger charge is -2.31. The summed E-state index contributed by atoms with van der Waals surface area (Å²) in [5, 5.41) is 3.55. The zero-order valence-electron chi connectivity index (χ0n) is 12.6. The maximum absolute atomic E-state index is 5.67. The fourth-order valence-electron chi connectivity index (χ4n) is 2.53. The summed E-state index contributed by atoms with van der Waals surface area (Å²) in [7, 11) is 0. The van der Waals surface area contributed by atoms with Gasteiger partial charge in [-0.25, -0.2) is 0 Å². The first-order valence-corrected chi connectivity index (χ1v) is 7.77. The van der Waals surface area contributed by atoms with E-state index in [1.54, 1.807) is 0 Å². The van der Waals surface area contributed by atoms with Crippen molar-refractivity contribution in [3.8, 4) is 0 Å². The van der Waals surface area contributed by atoms with Crippen molar-refractivity contribution in [2.75, 3.05) is 39.3 Å². The quantitative estimate of drug-likeness (QED) is 0.642. The molecule has 0 unspecified atom stereocenters. The van der Waals surface area contributed by atoms with Crippen molar-refractivity contribution in [2.24, 2.45) is 5.92 Å². The van der Waals surface area contributed by atoms with Crippen LogP contribution in [0.15, 0.2) is 0 Å². The molecule has 1 N–H and O–H groups in total. The highest BCUT2D eigenvalue weighted by Gasteiger charge is 2.18. The van der Waals surface area contributed by atoms with Gasteiger partial charge < -0.3 is 15.0 Å². The first-order chi connectivity index (χ1) is 8.72. The highest BCUT2D eigenvalue weighted by molar-refractivity contribution is 4.72. The van der Waals surface area contributed by atoms with E-state index >= 15 is 0 Å². The van der Waals surface area contributed by atoms with Crippen LogP contribution >= 0.6 is 0 Å². The Bertz CT molecular complexity index is 189. The molecule has 18 heavy (non-hydrogen) atoms. The van der Waals surface area contributed by atoms with Crippen molar-refractivity contribution in [3.05, 3.63) is 0 Å². The molecule has 1 aliphatic heterocycles. The van der Waals surface area contributed by atoms with Gasteiger partial charge in [0.05, 0.1) is 6.10 Å². The van der Waals surface area contributed by atoms with Crippen LogP contribution < -0.4 is 5.32 Å². The third kappa shape index (κ3) is 7.34. The molecule has 0 spiro atoms. The minimum Gasteiger partial charge on any atom is -0.378 e. The standard InChI is InChI=1S/C15H32N2O/c1-4-18-15-7-11-17(12-8-15)13-10-16-9-5-6-14(2)3/h14-16H,4-13H2,1-3H3. The summed E-state index contributed by atoms with van der Waals surface area (Å²) in [6.07, 6.45) is 5.59. The van der Waals surface area contributed by atoms with Gasteiger partial charge in [-0.2, -0.15) is 0 Å². The highest BCUT2D eigenvalue weighted by Crippen LogP contribution is 2.12. The highest BCUT2D eigenvalue weighted by atomic mass is 16.5. The number of rotatable bonds is 9. The second-order valence-corrected chi connectivity index (χ2v) is 5.78. The first-order valence-electron chi connectivity index (χ1n) is 7.77. The van der Waals surface area contributed by atoms with Crippen LogP contribution in [0.2, 0.25) is 0 Å². The van der Waals surface area contributed by atoms with Gasteiger partial charge in [0.2, 0.25) is 0 Å². The summed E-state index contributed by atoms with van der Waals surface area (Å²) in [6, 6.07) is 0. The Kier molecular flexibility index (Phi) is 8.64. The van der Waals surface area contributed by atoms with Crippen molar-refractivity contribution < 1.29 is 4.74 Å². The zero-order chi connectivity index (χ0) is 13.2. The lowest BCUT2D eigenvalue weighted by molar-refractivity contribution is 0.0146. The molecule has 1 aliphatic rings. The van der Waals surface area contributed by atoms with Crippen molar-refractivity contribution >= 4 is 0 Å². The number of likely N-dealkylation sites (tertiary alicyclic amines) is 1. The minimum atomic E-state index is 0.519. The lowest BCUT2D eigenvalue weighted by atomic mass is 10.1. The summed E-state index contributed by atoms with van der Waals surface area (Å²) < 4.78 is 5.67. The summed E-state index contributed by atoms with van der Waals surface area (Å²) >= 11 is 0. The molecular formula is C15H32N2O. The first kappa shape index (κ1) is 15.9. The van der Waals surface area contributed by atoms with Crippen LogP contribution in [0.1, 0.15) is 46.5 Å². The molecule has 0 aromatic carbocycles. The summed E-state index contributed by atoms with van der Waals surface area (Å²) in [4.78, 5) is 2.56. The van der Waals surface area contributed by atoms with Gasteiger partial charge >= 0.3 is 0 Å². The van der Waals surface area contributed by atoms with Gasteiger partial charge in [0.1, 0.15) is 0 Å². The third-order valence-electron chi connectivity index (χ3n) is 3.68. The largest absolute Gasteiger partial charge is 0.378 e. The number of nitrogens with zero attached hydrogens (tertiary/aromatic N) is 1. The molecule has 3 heteroatoms. The van der Waals surface area contributed by atoms with Crippen molar-refractivity contribution in [1.82, 2.24) is 10.2 Å². The van der Waals surface area contributed by atoms with Crippen LogP contribution in [0, 0.1) is 5.92 Å². The van der Waals surface area contributed by atoms with Crippen molar-refractivity contribution in [1.29, 1.82) is 0 Å².